The topological polar surface area (TPSA) is 70.2 Å². The van der Waals surface area contributed by atoms with Crippen molar-refractivity contribution in [3.63, 3.8) is 0 Å². The van der Waals surface area contributed by atoms with Gasteiger partial charge in [-0.1, -0.05) is 42.5 Å². The van der Waals surface area contributed by atoms with Crippen molar-refractivity contribution in [2.24, 2.45) is 0 Å². The van der Waals surface area contributed by atoms with Crippen LogP contribution in [0, 0.1) is 0 Å². The van der Waals surface area contributed by atoms with Crippen LogP contribution in [-0.4, -0.2) is 28.5 Å². The van der Waals surface area contributed by atoms with Crippen LogP contribution in [0.3, 0.4) is 0 Å². The number of ether oxygens (including phenoxy) is 1. The molecule has 0 atom stereocenters. The predicted molar refractivity (Wildman–Crippen MR) is 125 cm³/mol. The number of thiophene rings is 1. The molecule has 0 unspecified atom stereocenters. The molecule has 2 N–H and O–H groups in total. The first-order valence-corrected chi connectivity index (χ1v) is 11.2. The van der Waals surface area contributed by atoms with Crippen LogP contribution < -0.4 is 15.6 Å². The SMILES string of the molecule is COc1ccccc1NCc1nc2sc3c(c2c(=O)[nH]1)CCN(Cc1ccccc1)C3. The van der Waals surface area contributed by atoms with E-state index in [1.807, 2.05) is 30.3 Å². The first-order valence-electron chi connectivity index (χ1n) is 10.4. The van der Waals surface area contributed by atoms with Gasteiger partial charge in [0.2, 0.25) is 0 Å². The molecule has 0 saturated heterocycles. The Hall–Kier alpha value is -3.16. The molecule has 31 heavy (non-hydrogen) atoms. The normalized spacial score (nSPS) is 13.8. The maximum atomic E-state index is 12.9. The van der Waals surface area contributed by atoms with Crippen LogP contribution in [0.1, 0.15) is 21.8 Å². The summed E-state index contributed by atoms with van der Waals surface area (Å²) in [5.41, 5.74) is 3.31. The molecule has 1 aliphatic heterocycles. The molecule has 158 valence electrons. The zero-order valence-electron chi connectivity index (χ0n) is 17.4. The Morgan fingerprint density at radius 1 is 1.16 bits per heavy atom. The second-order valence-corrected chi connectivity index (χ2v) is 8.78. The number of hydrogen-bond acceptors (Lipinski definition) is 6. The summed E-state index contributed by atoms with van der Waals surface area (Å²) in [6.07, 6.45) is 0.881. The summed E-state index contributed by atoms with van der Waals surface area (Å²) >= 11 is 1.65. The van der Waals surface area contributed by atoms with Crippen molar-refractivity contribution in [3.8, 4) is 5.75 Å². The minimum absolute atomic E-state index is 0.0455. The number of methoxy groups -OCH3 is 1. The number of aromatic amines is 1. The molecule has 0 fully saturated rings. The fourth-order valence-corrected chi connectivity index (χ4v) is 5.41. The van der Waals surface area contributed by atoms with Crippen molar-refractivity contribution in [2.45, 2.75) is 26.1 Å². The van der Waals surface area contributed by atoms with Gasteiger partial charge in [-0.2, -0.15) is 0 Å². The van der Waals surface area contributed by atoms with Crippen molar-refractivity contribution in [1.29, 1.82) is 0 Å². The summed E-state index contributed by atoms with van der Waals surface area (Å²) in [4.78, 5) is 25.1. The van der Waals surface area contributed by atoms with Crippen LogP contribution in [0.25, 0.3) is 10.2 Å². The van der Waals surface area contributed by atoms with E-state index in [1.54, 1.807) is 18.4 Å². The molecule has 2 aromatic carbocycles. The van der Waals surface area contributed by atoms with Gasteiger partial charge in [0.25, 0.3) is 5.56 Å². The summed E-state index contributed by atoms with van der Waals surface area (Å²) in [5.74, 6) is 1.39. The van der Waals surface area contributed by atoms with E-state index in [0.29, 0.717) is 12.4 Å². The number of benzene rings is 2. The number of hydrogen-bond donors (Lipinski definition) is 2. The highest BCUT2D eigenvalue weighted by Gasteiger charge is 2.23. The van der Waals surface area contributed by atoms with E-state index in [2.05, 4.69) is 39.5 Å². The quantitative estimate of drug-likeness (QED) is 0.479. The molecule has 0 amide bonds. The third-order valence-electron chi connectivity index (χ3n) is 5.64. The third-order valence-corrected chi connectivity index (χ3v) is 6.75. The van der Waals surface area contributed by atoms with E-state index >= 15 is 0 Å². The second-order valence-electron chi connectivity index (χ2n) is 7.70. The molecular formula is C24H24N4O2S. The monoisotopic (exact) mass is 432 g/mol. The number of H-pyrrole nitrogens is 1. The van der Waals surface area contributed by atoms with E-state index in [4.69, 9.17) is 9.72 Å². The van der Waals surface area contributed by atoms with Crippen molar-refractivity contribution >= 4 is 27.2 Å². The van der Waals surface area contributed by atoms with E-state index in [1.165, 1.54) is 16.0 Å². The van der Waals surface area contributed by atoms with E-state index in [-0.39, 0.29) is 5.56 Å². The molecule has 4 aromatic rings. The van der Waals surface area contributed by atoms with E-state index in [0.717, 1.165) is 47.7 Å². The number of aromatic nitrogens is 2. The van der Waals surface area contributed by atoms with Gasteiger partial charge in [0.1, 0.15) is 16.4 Å². The highest BCUT2D eigenvalue weighted by Crippen LogP contribution is 2.33. The van der Waals surface area contributed by atoms with Gasteiger partial charge >= 0.3 is 0 Å². The van der Waals surface area contributed by atoms with Crippen LogP contribution in [0.2, 0.25) is 0 Å². The van der Waals surface area contributed by atoms with Gasteiger partial charge in [-0.15, -0.1) is 11.3 Å². The van der Waals surface area contributed by atoms with Gasteiger partial charge in [-0.05, 0) is 29.7 Å². The molecule has 2 aromatic heterocycles. The van der Waals surface area contributed by atoms with Crippen molar-refractivity contribution in [2.75, 3.05) is 19.0 Å². The molecule has 1 aliphatic rings. The highest BCUT2D eigenvalue weighted by molar-refractivity contribution is 7.18. The van der Waals surface area contributed by atoms with E-state index in [9.17, 15) is 4.79 Å². The number of nitrogens with one attached hydrogen (secondary N) is 2. The summed E-state index contributed by atoms with van der Waals surface area (Å²) in [6, 6.07) is 18.2. The Labute approximate surface area is 184 Å². The number of para-hydroxylation sites is 2. The highest BCUT2D eigenvalue weighted by atomic mass is 32.1. The summed E-state index contributed by atoms with van der Waals surface area (Å²) in [6.45, 7) is 3.16. The van der Waals surface area contributed by atoms with Crippen LogP contribution >= 0.6 is 11.3 Å². The van der Waals surface area contributed by atoms with Crippen LogP contribution in [-0.2, 0) is 26.1 Å². The smallest absolute Gasteiger partial charge is 0.259 e. The molecule has 0 saturated carbocycles. The van der Waals surface area contributed by atoms with Gasteiger partial charge < -0.3 is 15.0 Å². The molecule has 0 aliphatic carbocycles. The lowest BCUT2D eigenvalue weighted by Crippen LogP contribution is -2.29. The molecule has 6 nitrogen and oxygen atoms in total. The average molecular weight is 433 g/mol. The van der Waals surface area contributed by atoms with Gasteiger partial charge in [0.05, 0.1) is 24.7 Å². The van der Waals surface area contributed by atoms with Gasteiger partial charge in [-0.3, -0.25) is 9.69 Å². The Bertz CT molecular complexity index is 1270. The molecular weight excluding hydrogens is 408 g/mol. The predicted octanol–water partition coefficient (Wildman–Crippen LogP) is 4.16. The van der Waals surface area contributed by atoms with Crippen molar-refractivity contribution < 1.29 is 4.74 Å². The third kappa shape index (κ3) is 4.06. The maximum absolute atomic E-state index is 12.9. The molecule has 7 heteroatoms. The fraction of sp³-hybridized carbons (Fsp3) is 0.250. The Morgan fingerprint density at radius 3 is 2.81 bits per heavy atom. The zero-order valence-corrected chi connectivity index (χ0v) is 18.2. The standard InChI is InChI=1S/C24H24N4O2S/c1-30-19-10-6-5-9-18(19)25-13-21-26-23(29)22-17-11-12-28(14-16-7-3-2-4-8-16)15-20(17)31-24(22)27-21/h2-10,25H,11-15H2,1H3,(H,26,27,29). The maximum Gasteiger partial charge on any atom is 0.259 e. The lowest BCUT2D eigenvalue weighted by Gasteiger charge is -2.26. The number of fused-ring (bicyclic) bond motifs is 3. The molecule has 0 bridgehead atoms. The summed E-state index contributed by atoms with van der Waals surface area (Å²) in [7, 11) is 1.64. The minimum atomic E-state index is -0.0455. The van der Waals surface area contributed by atoms with Gasteiger partial charge in [0.15, 0.2) is 0 Å². The zero-order chi connectivity index (χ0) is 21.2. The van der Waals surface area contributed by atoms with Crippen LogP contribution in [0.15, 0.2) is 59.4 Å². The summed E-state index contributed by atoms with van der Waals surface area (Å²) in [5, 5.41) is 4.07. The van der Waals surface area contributed by atoms with E-state index < -0.39 is 0 Å². The molecule has 0 radical (unpaired) electrons. The number of nitrogens with zero attached hydrogens (tertiary/aromatic N) is 2. The number of rotatable bonds is 6. The Balaban J connectivity index is 1.37. The Kier molecular flexibility index (Phi) is 5.44. The first-order chi connectivity index (χ1) is 15.2. The molecule has 5 rings (SSSR count). The minimum Gasteiger partial charge on any atom is -0.495 e. The Morgan fingerprint density at radius 2 is 1.97 bits per heavy atom. The first kappa shape index (κ1) is 19.8. The average Bonchev–Trinajstić information content (AvgIpc) is 3.16. The van der Waals surface area contributed by atoms with Crippen molar-refractivity contribution in [3.05, 3.63) is 86.8 Å². The fourth-order valence-electron chi connectivity index (χ4n) is 4.13. The van der Waals surface area contributed by atoms with Crippen LogP contribution in [0.4, 0.5) is 5.69 Å². The molecule has 0 spiro atoms. The summed E-state index contributed by atoms with van der Waals surface area (Å²) < 4.78 is 5.38. The molecule has 3 heterocycles. The lowest BCUT2D eigenvalue weighted by molar-refractivity contribution is 0.249. The lowest BCUT2D eigenvalue weighted by atomic mass is 10.0. The van der Waals surface area contributed by atoms with Gasteiger partial charge in [-0.25, -0.2) is 4.98 Å². The largest absolute Gasteiger partial charge is 0.495 e. The van der Waals surface area contributed by atoms with Crippen LogP contribution in [0.5, 0.6) is 5.75 Å². The second kappa shape index (κ2) is 8.53. The number of anilines is 1. The van der Waals surface area contributed by atoms with Gasteiger partial charge in [0, 0.05) is 24.5 Å². The van der Waals surface area contributed by atoms with Crippen molar-refractivity contribution in [1.82, 2.24) is 14.9 Å².